The molecule has 0 spiro atoms. The second-order valence-electron chi connectivity index (χ2n) is 5.75. The zero-order valence-corrected chi connectivity index (χ0v) is 13.3. The molecule has 0 heterocycles. The number of hydrogen-bond acceptors (Lipinski definition) is 2. The van der Waals surface area contributed by atoms with E-state index in [-0.39, 0.29) is 5.92 Å². The largest absolute Gasteiger partial charge is 0.359 e. The molecule has 0 bridgehead atoms. The predicted octanol–water partition coefficient (Wildman–Crippen LogP) is 4.21. The Kier molecular flexibility index (Phi) is 4.90. The molecule has 0 fully saturated rings. The Labute approximate surface area is 142 Å². The molecule has 0 unspecified atom stereocenters. The molecule has 3 aromatic carbocycles. The Morgan fingerprint density at radius 3 is 1.50 bits per heavy atom. The van der Waals surface area contributed by atoms with Crippen molar-refractivity contribution in [3.63, 3.8) is 0 Å². The standard InChI is InChI=1S/C22H20O2/c23-22(24,20-14-8-3-9-15-20)17-16-21(18-10-4-1-5-11-18)19-12-6-2-7-13-19/h1-17,21,23-24H. The third-order valence-electron chi connectivity index (χ3n) is 4.04. The summed E-state index contributed by atoms with van der Waals surface area (Å²) >= 11 is 0. The maximum atomic E-state index is 10.4. The van der Waals surface area contributed by atoms with Gasteiger partial charge in [0.15, 0.2) is 0 Å². The highest BCUT2D eigenvalue weighted by Gasteiger charge is 2.22. The van der Waals surface area contributed by atoms with Gasteiger partial charge in [-0.15, -0.1) is 0 Å². The molecule has 0 aliphatic heterocycles. The van der Waals surface area contributed by atoms with E-state index < -0.39 is 5.79 Å². The number of hydrogen-bond donors (Lipinski definition) is 2. The van der Waals surface area contributed by atoms with Gasteiger partial charge < -0.3 is 10.2 Å². The van der Waals surface area contributed by atoms with Crippen molar-refractivity contribution in [2.75, 3.05) is 0 Å². The van der Waals surface area contributed by atoms with E-state index in [0.29, 0.717) is 5.56 Å². The van der Waals surface area contributed by atoms with E-state index >= 15 is 0 Å². The number of rotatable bonds is 5. The van der Waals surface area contributed by atoms with Crippen LogP contribution >= 0.6 is 0 Å². The van der Waals surface area contributed by atoms with Crippen LogP contribution in [0.5, 0.6) is 0 Å². The fourth-order valence-corrected chi connectivity index (χ4v) is 2.75. The Morgan fingerprint density at radius 2 is 1.04 bits per heavy atom. The van der Waals surface area contributed by atoms with E-state index in [4.69, 9.17) is 0 Å². The molecule has 24 heavy (non-hydrogen) atoms. The Morgan fingerprint density at radius 1 is 0.625 bits per heavy atom. The van der Waals surface area contributed by atoms with Crippen LogP contribution in [0.25, 0.3) is 0 Å². The van der Waals surface area contributed by atoms with Gasteiger partial charge in [0.2, 0.25) is 5.79 Å². The third kappa shape index (κ3) is 3.80. The van der Waals surface area contributed by atoms with Gasteiger partial charge >= 0.3 is 0 Å². The van der Waals surface area contributed by atoms with Gasteiger partial charge in [-0.2, -0.15) is 0 Å². The van der Waals surface area contributed by atoms with Crippen molar-refractivity contribution in [1.29, 1.82) is 0 Å². The summed E-state index contributed by atoms with van der Waals surface area (Å²) in [4.78, 5) is 0. The van der Waals surface area contributed by atoms with E-state index in [1.54, 1.807) is 24.3 Å². The van der Waals surface area contributed by atoms with Gasteiger partial charge in [-0.25, -0.2) is 0 Å². The molecule has 2 nitrogen and oxygen atoms in total. The van der Waals surface area contributed by atoms with Crippen molar-refractivity contribution in [3.8, 4) is 0 Å². The molecule has 120 valence electrons. The fraction of sp³-hybridized carbons (Fsp3) is 0.0909. The lowest BCUT2D eigenvalue weighted by molar-refractivity contribution is -0.125. The first-order valence-electron chi connectivity index (χ1n) is 7.96. The monoisotopic (exact) mass is 316 g/mol. The van der Waals surface area contributed by atoms with Gasteiger partial charge in [0.25, 0.3) is 0 Å². The highest BCUT2D eigenvalue weighted by molar-refractivity contribution is 5.37. The average molecular weight is 316 g/mol. The van der Waals surface area contributed by atoms with Crippen LogP contribution in [-0.4, -0.2) is 10.2 Å². The Hall–Kier alpha value is -2.68. The van der Waals surface area contributed by atoms with Crippen LogP contribution in [0.2, 0.25) is 0 Å². The smallest absolute Gasteiger partial charge is 0.210 e. The summed E-state index contributed by atoms with van der Waals surface area (Å²) in [6.45, 7) is 0. The molecule has 0 saturated carbocycles. The highest BCUT2D eigenvalue weighted by Crippen LogP contribution is 2.28. The molecule has 0 radical (unpaired) electrons. The van der Waals surface area contributed by atoms with Crippen molar-refractivity contribution >= 4 is 0 Å². The van der Waals surface area contributed by atoms with Crippen molar-refractivity contribution in [1.82, 2.24) is 0 Å². The lowest BCUT2D eigenvalue weighted by Crippen LogP contribution is -2.22. The molecule has 0 aromatic heterocycles. The summed E-state index contributed by atoms with van der Waals surface area (Å²) in [7, 11) is 0. The minimum absolute atomic E-state index is 0.0465. The molecule has 0 amide bonds. The second kappa shape index (κ2) is 7.26. The number of benzene rings is 3. The summed E-state index contributed by atoms with van der Waals surface area (Å²) in [5.41, 5.74) is 2.65. The first-order valence-corrected chi connectivity index (χ1v) is 7.96. The van der Waals surface area contributed by atoms with Crippen LogP contribution in [0.3, 0.4) is 0 Å². The minimum atomic E-state index is -2.00. The van der Waals surface area contributed by atoms with Crippen LogP contribution in [0.1, 0.15) is 22.6 Å². The Bertz CT molecular complexity index is 738. The maximum Gasteiger partial charge on any atom is 0.210 e. The van der Waals surface area contributed by atoms with Gasteiger partial charge in [-0.1, -0.05) is 97.1 Å². The molecule has 0 atom stereocenters. The topological polar surface area (TPSA) is 40.5 Å². The molecule has 2 heteroatoms. The molecule has 2 N–H and O–H groups in total. The van der Waals surface area contributed by atoms with Crippen molar-refractivity contribution < 1.29 is 10.2 Å². The minimum Gasteiger partial charge on any atom is -0.359 e. The Balaban J connectivity index is 1.95. The molecule has 3 rings (SSSR count). The molecule has 3 aromatic rings. The third-order valence-corrected chi connectivity index (χ3v) is 4.04. The van der Waals surface area contributed by atoms with E-state index in [1.807, 2.05) is 72.8 Å². The maximum absolute atomic E-state index is 10.4. The van der Waals surface area contributed by atoms with Crippen molar-refractivity contribution in [2.45, 2.75) is 11.7 Å². The first-order chi connectivity index (χ1) is 11.7. The second-order valence-corrected chi connectivity index (χ2v) is 5.75. The van der Waals surface area contributed by atoms with Crippen LogP contribution in [0.15, 0.2) is 103 Å². The average Bonchev–Trinajstić information content (AvgIpc) is 2.64. The van der Waals surface area contributed by atoms with Gasteiger partial charge in [0.05, 0.1) is 0 Å². The van der Waals surface area contributed by atoms with E-state index in [2.05, 4.69) is 0 Å². The van der Waals surface area contributed by atoms with Crippen LogP contribution < -0.4 is 0 Å². The first kappa shape index (κ1) is 16.2. The van der Waals surface area contributed by atoms with E-state index in [0.717, 1.165) is 11.1 Å². The van der Waals surface area contributed by atoms with Gasteiger partial charge in [-0.3, -0.25) is 0 Å². The van der Waals surface area contributed by atoms with Crippen molar-refractivity contribution in [2.24, 2.45) is 0 Å². The normalized spacial score (nSPS) is 12.0. The molecular weight excluding hydrogens is 296 g/mol. The zero-order valence-electron chi connectivity index (χ0n) is 13.3. The summed E-state index contributed by atoms with van der Waals surface area (Å²) in [5.74, 6) is -2.04. The summed E-state index contributed by atoms with van der Waals surface area (Å²) < 4.78 is 0. The predicted molar refractivity (Wildman–Crippen MR) is 96.4 cm³/mol. The zero-order chi connectivity index (χ0) is 16.8. The summed E-state index contributed by atoms with van der Waals surface area (Å²) in [6, 6.07) is 28.9. The van der Waals surface area contributed by atoms with Gasteiger partial charge in [-0.05, 0) is 17.2 Å². The van der Waals surface area contributed by atoms with E-state index in [9.17, 15) is 10.2 Å². The summed E-state index contributed by atoms with van der Waals surface area (Å²) in [5, 5.41) is 20.8. The van der Waals surface area contributed by atoms with Crippen molar-refractivity contribution in [3.05, 3.63) is 120 Å². The highest BCUT2D eigenvalue weighted by atomic mass is 16.5. The number of allylic oxidation sites excluding steroid dienone is 1. The molecular formula is C22H20O2. The quantitative estimate of drug-likeness (QED) is 0.547. The van der Waals surface area contributed by atoms with E-state index in [1.165, 1.54) is 6.08 Å². The van der Waals surface area contributed by atoms with Crippen LogP contribution in [0, 0.1) is 0 Å². The van der Waals surface area contributed by atoms with Gasteiger partial charge in [0.1, 0.15) is 0 Å². The number of aliphatic hydroxyl groups is 2. The van der Waals surface area contributed by atoms with Crippen LogP contribution in [-0.2, 0) is 5.79 Å². The lowest BCUT2D eigenvalue weighted by atomic mass is 9.90. The SMILES string of the molecule is OC(O)(C=CC(c1ccccc1)c1ccccc1)c1ccccc1. The fourth-order valence-electron chi connectivity index (χ4n) is 2.75. The van der Waals surface area contributed by atoms with Gasteiger partial charge in [0, 0.05) is 11.5 Å². The molecule has 0 saturated heterocycles. The molecule has 0 aliphatic rings. The van der Waals surface area contributed by atoms with Crippen LogP contribution in [0.4, 0.5) is 0 Å². The summed E-state index contributed by atoms with van der Waals surface area (Å²) in [6.07, 6.45) is 3.30. The lowest BCUT2D eigenvalue weighted by Gasteiger charge is -2.20. The molecule has 0 aliphatic carbocycles.